The zero-order valence-corrected chi connectivity index (χ0v) is 18.2. The molecule has 2 aromatic carbocycles. The fraction of sp³-hybridized carbons (Fsp3) is 0.346. The van der Waals surface area contributed by atoms with Crippen LogP contribution in [0.25, 0.3) is 5.69 Å². The van der Waals surface area contributed by atoms with E-state index in [4.69, 9.17) is 4.74 Å². The lowest BCUT2D eigenvalue weighted by molar-refractivity contribution is 0.0794. The predicted molar refractivity (Wildman–Crippen MR) is 123 cm³/mol. The Morgan fingerprint density at radius 2 is 1.84 bits per heavy atom. The molecule has 1 saturated heterocycles. The molecule has 0 bridgehead atoms. The van der Waals surface area contributed by atoms with Crippen molar-refractivity contribution in [3.05, 3.63) is 83.7 Å². The van der Waals surface area contributed by atoms with Gasteiger partial charge in [0, 0.05) is 25.0 Å². The number of amides is 1. The zero-order chi connectivity index (χ0) is 21.4. The van der Waals surface area contributed by atoms with E-state index in [0.29, 0.717) is 25.6 Å². The number of benzene rings is 2. The Bertz CT molecular complexity index is 1080. The number of nitrogens with one attached hydrogen (secondary N) is 1. The Morgan fingerprint density at radius 1 is 1.06 bits per heavy atom. The summed E-state index contributed by atoms with van der Waals surface area (Å²) in [5.74, 6) is 0.482. The summed E-state index contributed by atoms with van der Waals surface area (Å²) in [4.78, 5) is 14.5. The fourth-order valence-corrected chi connectivity index (χ4v) is 4.79. The second-order valence-electron chi connectivity index (χ2n) is 8.93. The second-order valence-corrected chi connectivity index (χ2v) is 8.93. The first-order valence-corrected chi connectivity index (χ1v) is 11.1. The molecule has 1 spiro atoms. The highest BCUT2D eigenvalue weighted by molar-refractivity contribution is 5.70. The van der Waals surface area contributed by atoms with E-state index >= 15 is 0 Å². The van der Waals surface area contributed by atoms with Gasteiger partial charge in [0.2, 0.25) is 0 Å². The van der Waals surface area contributed by atoms with Crippen LogP contribution in [0.5, 0.6) is 0 Å². The Hall–Kier alpha value is -3.21. The van der Waals surface area contributed by atoms with Crippen LogP contribution >= 0.6 is 0 Å². The molecule has 5 heteroatoms. The van der Waals surface area contributed by atoms with E-state index in [9.17, 15) is 4.79 Å². The van der Waals surface area contributed by atoms with E-state index in [1.165, 1.54) is 22.6 Å². The maximum Gasteiger partial charge on any atom is 0.410 e. The van der Waals surface area contributed by atoms with Gasteiger partial charge in [-0.25, -0.2) is 4.79 Å². The molecule has 1 amide bonds. The van der Waals surface area contributed by atoms with Gasteiger partial charge >= 0.3 is 6.09 Å². The quantitative estimate of drug-likeness (QED) is 0.601. The lowest BCUT2D eigenvalue weighted by atomic mass is 9.82. The van der Waals surface area contributed by atoms with Crippen LogP contribution in [-0.4, -0.2) is 28.6 Å². The van der Waals surface area contributed by atoms with Gasteiger partial charge in [0.25, 0.3) is 0 Å². The van der Waals surface area contributed by atoms with Crippen LogP contribution in [-0.2, 0) is 16.9 Å². The molecule has 1 aromatic heterocycles. The van der Waals surface area contributed by atoms with Crippen LogP contribution in [0, 0.1) is 0 Å². The van der Waals surface area contributed by atoms with Gasteiger partial charge in [-0.05, 0) is 54.2 Å². The lowest BCUT2D eigenvalue weighted by Crippen LogP contribution is -2.51. The highest BCUT2D eigenvalue weighted by Gasteiger charge is 2.42. The third-order valence-electron chi connectivity index (χ3n) is 6.64. The third-order valence-corrected chi connectivity index (χ3v) is 6.64. The number of aromatic nitrogens is 1. The number of hydrogen-bond donors (Lipinski definition) is 1. The van der Waals surface area contributed by atoms with Gasteiger partial charge in [0.1, 0.15) is 6.61 Å². The molecule has 5 rings (SSSR count). The number of hydrogen-bond acceptors (Lipinski definition) is 3. The van der Waals surface area contributed by atoms with Crippen molar-refractivity contribution in [2.24, 2.45) is 0 Å². The van der Waals surface area contributed by atoms with E-state index in [1.54, 1.807) is 0 Å². The number of carbonyl (C=O) groups is 1. The molecule has 2 aliphatic rings. The van der Waals surface area contributed by atoms with Crippen molar-refractivity contribution in [2.75, 3.05) is 18.4 Å². The minimum Gasteiger partial charge on any atom is -0.445 e. The molecule has 0 atom stereocenters. The van der Waals surface area contributed by atoms with Crippen LogP contribution < -0.4 is 5.32 Å². The van der Waals surface area contributed by atoms with E-state index < -0.39 is 0 Å². The first-order chi connectivity index (χ1) is 15.1. The van der Waals surface area contributed by atoms with Crippen molar-refractivity contribution < 1.29 is 9.53 Å². The molecule has 1 N–H and O–H groups in total. The number of rotatable bonds is 3. The van der Waals surface area contributed by atoms with Gasteiger partial charge < -0.3 is 19.5 Å². The molecule has 0 aliphatic carbocycles. The topological polar surface area (TPSA) is 46.5 Å². The van der Waals surface area contributed by atoms with Crippen LogP contribution in [0.4, 0.5) is 10.5 Å². The van der Waals surface area contributed by atoms with E-state index in [2.05, 4.69) is 60.3 Å². The molecule has 160 valence electrons. The molecule has 3 heterocycles. The number of piperidine rings is 1. The average Bonchev–Trinajstić information content (AvgIpc) is 3.30. The van der Waals surface area contributed by atoms with Gasteiger partial charge in [0.05, 0.1) is 16.9 Å². The molecule has 0 unspecified atom stereocenters. The number of carbonyl (C=O) groups excluding carboxylic acids is 1. The number of likely N-dealkylation sites (tertiary alicyclic amines) is 1. The minimum atomic E-state index is -0.229. The Morgan fingerprint density at radius 3 is 2.58 bits per heavy atom. The van der Waals surface area contributed by atoms with E-state index in [-0.39, 0.29) is 11.6 Å². The smallest absolute Gasteiger partial charge is 0.410 e. The molecule has 3 aromatic rings. The normalized spacial score (nSPS) is 16.5. The zero-order valence-electron chi connectivity index (χ0n) is 18.2. The average molecular weight is 416 g/mol. The first-order valence-electron chi connectivity index (χ1n) is 11.1. The Balaban J connectivity index is 1.32. The van der Waals surface area contributed by atoms with Gasteiger partial charge in [-0.1, -0.05) is 50.2 Å². The van der Waals surface area contributed by atoms with Crippen LogP contribution in [0.3, 0.4) is 0 Å². The summed E-state index contributed by atoms with van der Waals surface area (Å²) in [6.07, 6.45) is 3.62. The standard InChI is InChI=1S/C26H29N3O2/c1-19(2)21-10-11-23-22(17-21)27-26(24-9-6-14-29(23)24)12-15-28(16-13-26)25(30)31-18-20-7-4-3-5-8-20/h3-11,14,17,19,27H,12-13,15-16,18H2,1-2H3. The molecule has 1 fully saturated rings. The van der Waals surface area contributed by atoms with Crippen LogP contribution in [0.2, 0.25) is 0 Å². The molecule has 0 radical (unpaired) electrons. The van der Waals surface area contributed by atoms with E-state index in [1.807, 2.05) is 35.2 Å². The number of ether oxygens (including phenoxy) is 1. The first kappa shape index (κ1) is 19.7. The molecular formula is C26H29N3O2. The summed E-state index contributed by atoms with van der Waals surface area (Å²) >= 11 is 0. The Labute approximate surface area is 183 Å². The van der Waals surface area contributed by atoms with Crippen molar-refractivity contribution in [1.82, 2.24) is 9.47 Å². The van der Waals surface area contributed by atoms with Crippen molar-refractivity contribution in [1.29, 1.82) is 0 Å². The molecular weight excluding hydrogens is 386 g/mol. The van der Waals surface area contributed by atoms with Crippen molar-refractivity contribution in [2.45, 2.75) is 44.8 Å². The highest BCUT2D eigenvalue weighted by Crippen LogP contribution is 2.44. The van der Waals surface area contributed by atoms with Crippen molar-refractivity contribution in [3.8, 4) is 5.69 Å². The van der Waals surface area contributed by atoms with Crippen molar-refractivity contribution >= 4 is 11.8 Å². The van der Waals surface area contributed by atoms with Gasteiger partial charge in [-0.3, -0.25) is 0 Å². The lowest BCUT2D eigenvalue weighted by Gasteiger charge is -2.46. The third kappa shape index (κ3) is 3.58. The fourth-order valence-electron chi connectivity index (χ4n) is 4.79. The van der Waals surface area contributed by atoms with Gasteiger partial charge in [-0.15, -0.1) is 0 Å². The monoisotopic (exact) mass is 415 g/mol. The summed E-state index contributed by atoms with van der Waals surface area (Å²) in [5, 5.41) is 3.87. The highest BCUT2D eigenvalue weighted by atomic mass is 16.6. The number of anilines is 1. The van der Waals surface area contributed by atoms with Crippen LogP contribution in [0.15, 0.2) is 66.9 Å². The molecule has 0 saturated carbocycles. The number of fused-ring (bicyclic) bond motifs is 4. The van der Waals surface area contributed by atoms with Gasteiger partial charge in [-0.2, -0.15) is 0 Å². The summed E-state index contributed by atoms with van der Waals surface area (Å²) < 4.78 is 7.86. The molecule has 5 nitrogen and oxygen atoms in total. The molecule has 31 heavy (non-hydrogen) atoms. The van der Waals surface area contributed by atoms with Crippen molar-refractivity contribution in [3.63, 3.8) is 0 Å². The van der Waals surface area contributed by atoms with E-state index in [0.717, 1.165) is 18.4 Å². The number of nitrogens with zero attached hydrogens (tertiary/aromatic N) is 2. The SMILES string of the molecule is CC(C)c1ccc2c(c1)NC1(CCN(C(=O)OCc3ccccc3)CC1)c1cccn1-2. The maximum absolute atomic E-state index is 12.6. The summed E-state index contributed by atoms with van der Waals surface area (Å²) in [6, 6.07) is 20.9. The molecule has 2 aliphatic heterocycles. The minimum absolute atomic E-state index is 0.164. The van der Waals surface area contributed by atoms with Gasteiger partial charge in [0.15, 0.2) is 0 Å². The largest absolute Gasteiger partial charge is 0.445 e. The summed E-state index contributed by atoms with van der Waals surface area (Å²) in [7, 11) is 0. The Kier molecular flexibility index (Phi) is 4.97. The predicted octanol–water partition coefficient (Wildman–Crippen LogP) is 5.65. The van der Waals surface area contributed by atoms with Crippen LogP contribution in [0.1, 0.15) is 49.4 Å². The second kappa shape index (κ2) is 7.80. The summed E-state index contributed by atoms with van der Waals surface area (Å²) in [5.41, 5.74) is 5.82. The maximum atomic E-state index is 12.6. The summed E-state index contributed by atoms with van der Waals surface area (Å²) in [6.45, 7) is 6.10.